The van der Waals surface area contributed by atoms with Gasteiger partial charge < -0.3 is 9.64 Å². The normalized spacial score (nSPS) is 18.1. The molecule has 1 rings (SSSR count). The van der Waals surface area contributed by atoms with Crippen molar-refractivity contribution in [1.29, 1.82) is 0 Å². The van der Waals surface area contributed by atoms with Gasteiger partial charge in [0.05, 0.1) is 34.8 Å². The van der Waals surface area contributed by atoms with Crippen LogP contribution in [-0.4, -0.2) is 41.0 Å². The van der Waals surface area contributed by atoms with E-state index in [0.717, 1.165) is 0 Å². The number of hydrogen-bond acceptors (Lipinski definition) is 6. The molecule has 1 aliphatic heterocycles. The molecule has 0 atom stereocenters. The van der Waals surface area contributed by atoms with Crippen LogP contribution in [0.15, 0.2) is 23.7 Å². The zero-order valence-electron chi connectivity index (χ0n) is 9.37. The number of allylic oxidation sites excluding steroid dienone is 1. The molecule has 0 radical (unpaired) electrons. The van der Waals surface area contributed by atoms with Crippen LogP contribution in [-0.2, 0) is 4.74 Å². The zero-order valence-corrected chi connectivity index (χ0v) is 9.37. The summed E-state index contributed by atoms with van der Waals surface area (Å²) < 4.78 is 5.10. The van der Waals surface area contributed by atoms with Crippen molar-refractivity contribution in [2.24, 2.45) is 0 Å². The molecule has 17 heavy (non-hydrogen) atoms. The third kappa shape index (κ3) is 4.19. The minimum Gasteiger partial charge on any atom is -0.378 e. The number of hydrogen-bond donors (Lipinski definition) is 0. The highest BCUT2D eigenvalue weighted by molar-refractivity contribution is 5.20. The average Bonchev–Trinajstić information content (AvgIpc) is 2.25. The van der Waals surface area contributed by atoms with Gasteiger partial charge in [0.15, 0.2) is 0 Å². The van der Waals surface area contributed by atoms with E-state index in [9.17, 15) is 20.2 Å². The summed E-state index contributed by atoms with van der Waals surface area (Å²) in [5, 5.41) is 21.1. The summed E-state index contributed by atoms with van der Waals surface area (Å²) in [6, 6.07) is 0. The lowest BCUT2D eigenvalue weighted by Crippen LogP contribution is -2.33. The van der Waals surface area contributed by atoms with Crippen molar-refractivity contribution in [3.63, 3.8) is 0 Å². The first-order valence-electron chi connectivity index (χ1n) is 5.01. The van der Waals surface area contributed by atoms with Gasteiger partial charge in [0, 0.05) is 13.1 Å². The molecule has 1 aliphatic rings. The van der Waals surface area contributed by atoms with E-state index in [4.69, 9.17) is 4.74 Å². The molecule has 0 spiro atoms. The summed E-state index contributed by atoms with van der Waals surface area (Å²) >= 11 is 0. The van der Waals surface area contributed by atoms with Gasteiger partial charge >= 0.3 is 0 Å². The Labute approximate surface area is 97.5 Å². The first-order valence-corrected chi connectivity index (χ1v) is 5.01. The van der Waals surface area contributed by atoms with Crippen LogP contribution in [0.4, 0.5) is 0 Å². The fourth-order valence-electron chi connectivity index (χ4n) is 1.40. The minimum absolute atomic E-state index is 0.0199. The maximum Gasteiger partial charge on any atom is 0.294 e. The second kappa shape index (κ2) is 5.94. The summed E-state index contributed by atoms with van der Waals surface area (Å²) in [6.07, 6.45) is 1.97. The predicted octanol–water partition coefficient (Wildman–Crippen LogP) is 0.617. The van der Waals surface area contributed by atoms with Gasteiger partial charge in [0.1, 0.15) is 0 Å². The van der Waals surface area contributed by atoms with Gasteiger partial charge in [-0.3, -0.25) is 20.2 Å². The number of morpholine rings is 1. The molecule has 0 bridgehead atoms. The van der Waals surface area contributed by atoms with Crippen LogP contribution in [0.25, 0.3) is 0 Å². The molecule has 0 aromatic heterocycles. The van der Waals surface area contributed by atoms with Gasteiger partial charge in [-0.1, -0.05) is 0 Å². The van der Waals surface area contributed by atoms with Crippen LogP contribution in [0.5, 0.6) is 0 Å². The van der Waals surface area contributed by atoms with Crippen LogP contribution in [0.3, 0.4) is 0 Å². The lowest BCUT2D eigenvalue weighted by Gasteiger charge is -2.24. The van der Waals surface area contributed by atoms with Crippen molar-refractivity contribution in [3.8, 4) is 0 Å². The van der Waals surface area contributed by atoms with Crippen LogP contribution in [0, 0.1) is 20.2 Å². The topological polar surface area (TPSA) is 98.8 Å². The van der Waals surface area contributed by atoms with Crippen molar-refractivity contribution in [1.82, 2.24) is 4.90 Å². The van der Waals surface area contributed by atoms with Gasteiger partial charge in [-0.15, -0.1) is 0 Å². The molecule has 0 aromatic carbocycles. The molecule has 0 saturated carbocycles. The molecule has 0 aliphatic carbocycles. The fourth-order valence-corrected chi connectivity index (χ4v) is 1.40. The van der Waals surface area contributed by atoms with Crippen LogP contribution < -0.4 is 0 Å². The van der Waals surface area contributed by atoms with E-state index in [2.05, 4.69) is 0 Å². The maximum atomic E-state index is 10.8. The molecule has 1 heterocycles. The van der Waals surface area contributed by atoms with Crippen LogP contribution >= 0.6 is 0 Å². The largest absolute Gasteiger partial charge is 0.378 e. The second-order valence-electron chi connectivity index (χ2n) is 3.52. The average molecular weight is 243 g/mol. The Morgan fingerprint density at radius 2 is 1.88 bits per heavy atom. The number of rotatable bonds is 4. The van der Waals surface area contributed by atoms with Gasteiger partial charge in [0.25, 0.3) is 5.70 Å². The number of nitrogens with zero attached hydrogens (tertiary/aromatic N) is 3. The maximum absolute atomic E-state index is 10.8. The van der Waals surface area contributed by atoms with Crippen LogP contribution in [0.1, 0.15) is 6.92 Å². The number of nitro groups is 2. The van der Waals surface area contributed by atoms with Crippen molar-refractivity contribution in [3.05, 3.63) is 43.9 Å². The van der Waals surface area contributed by atoms with E-state index in [1.807, 2.05) is 0 Å². The van der Waals surface area contributed by atoms with Crippen molar-refractivity contribution >= 4 is 0 Å². The van der Waals surface area contributed by atoms with E-state index >= 15 is 0 Å². The van der Waals surface area contributed by atoms with Crippen molar-refractivity contribution in [2.75, 3.05) is 26.3 Å². The molecule has 1 saturated heterocycles. The van der Waals surface area contributed by atoms with Gasteiger partial charge in [-0.2, -0.15) is 0 Å². The standard InChI is InChI=1S/C9H13N3O5/c1-8(6-11(13)14)9(12(15)16)7-10-2-4-17-5-3-10/h6-7H,2-5H2,1H3/b8-6-,9-7-. The van der Waals surface area contributed by atoms with E-state index in [-0.39, 0.29) is 11.3 Å². The van der Waals surface area contributed by atoms with E-state index in [0.29, 0.717) is 32.5 Å². The minimum atomic E-state index is -0.702. The third-order valence-electron chi connectivity index (χ3n) is 2.25. The Balaban J connectivity index is 2.87. The van der Waals surface area contributed by atoms with Gasteiger partial charge in [0.2, 0.25) is 6.20 Å². The van der Waals surface area contributed by atoms with E-state index in [1.165, 1.54) is 13.1 Å². The highest BCUT2D eigenvalue weighted by atomic mass is 16.6. The first-order chi connectivity index (χ1) is 8.00. The molecule has 0 aromatic rings. The predicted molar refractivity (Wildman–Crippen MR) is 58.2 cm³/mol. The molecule has 8 nitrogen and oxygen atoms in total. The molecule has 0 N–H and O–H groups in total. The fraction of sp³-hybridized carbons (Fsp3) is 0.556. The summed E-state index contributed by atoms with van der Waals surface area (Å²) in [5.41, 5.74) is -0.241. The summed E-state index contributed by atoms with van der Waals surface area (Å²) in [5.74, 6) is 0. The molecule has 0 amide bonds. The number of ether oxygens (including phenoxy) is 1. The van der Waals surface area contributed by atoms with Gasteiger partial charge in [-0.25, -0.2) is 0 Å². The lowest BCUT2D eigenvalue weighted by atomic mass is 10.2. The quantitative estimate of drug-likeness (QED) is 0.407. The Bertz CT molecular complexity index is 371. The monoisotopic (exact) mass is 243 g/mol. The lowest BCUT2D eigenvalue weighted by molar-refractivity contribution is -0.427. The molecular formula is C9H13N3O5. The Morgan fingerprint density at radius 1 is 1.29 bits per heavy atom. The van der Waals surface area contributed by atoms with Crippen molar-refractivity contribution in [2.45, 2.75) is 6.92 Å². The molecule has 8 heteroatoms. The Hall–Kier alpha value is -1.96. The SMILES string of the molecule is CC(=C/[N+](=O)[O-])/C(=C/N1CCOCC1)[N+](=O)[O-]. The van der Waals surface area contributed by atoms with E-state index < -0.39 is 9.85 Å². The summed E-state index contributed by atoms with van der Waals surface area (Å²) in [6.45, 7) is 3.43. The molecule has 0 unspecified atom stereocenters. The highest BCUT2D eigenvalue weighted by Gasteiger charge is 2.19. The van der Waals surface area contributed by atoms with E-state index in [1.54, 1.807) is 4.90 Å². The summed E-state index contributed by atoms with van der Waals surface area (Å²) in [4.78, 5) is 21.5. The van der Waals surface area contributed by atoms with Crippen LogP contribution in [0.2, 0.25) is 0 Å². The Kier molecular flexibility index (Phi) is 4.58. The highest BCUT2D eigenvalue weighted by Crippen LogP contribution is 2.12. The van der Waals surface area contributed by atoms with Crippen molar-refractivity contribution < 1.29 is 14.6 Å². The smallest absolute Gasteiger partial charge is 0.294 e. The third-order valence-corrected chi connectivity index (χ3v) is 2.25. The second-order valence-corrected chi connectivity index (χ2v) is 3.52. The molecule has 94 valence electrons. The Morgan fingerprint density at radius 3 is 2.35 bits per heavy atom. The molecular weight excluding hydrogens is 230 g/mol. The zero-order chi connectivity index (χ0) is 12.8. The van der Waals surface area contributed by atoms with Gasteiger partial charge in [-0.05, 0) is 6.92 Å². The molecule has 1 fully saturated rings. The first kappa shape index (κ1) is 13.1. The summed E-state index contributed by atoms with van der Waals surface area (Å²) in [7, 11) is 0.